The summed E-state index contributed by atoms with van der Waals surface area (Å²) in [7, 11) is 0. The van der Waals surface area contributed by atoms with Crippen LogP contribution in [0.4, 0.5) is 4.39 Å². The van der Waals surface area contributed by atoms with Crippen molar-refractivity contribution in [1.82, 2.24) is 19.8 Å². The number of amides is 1. The first kappa shape index (κ1) is 20.9. The number of aromatic nitrogens is 2. The molecule has 0 saturated heterocycles. The van der Waals surface area contributed by atoms with Crippen molar-refractivity contribution in [3.05, 3.63) is 99.0 Å². The largest absolute Gasteiger partial charge is 0.350 e. The maximum atomic E-state index is 13.8. The highest BCUT2D eigenvalue weighted by Crippen LogP contribution is 2.17. The second-order valence-electron chi connectivity index (χ2n) is 7.79. The fourth-order valence-corrected chi connectivity index (χ4v) is 3.89. The van der Waals surface area contributed by atoms with Crippen molar-refractivity contribution in [3.8, 4) is 0 Å². The van der Waals surface area contributed by atoms with Crippen LogP contribution >= 0.6 is 0 Å². The molecule has 3 aromatic rings. The third kappa shape index (κ3) is 4.88. The van der Waals surface area contributed by atoms with Gasteiger partial charge < -0.3 is 5.32 Å². The van der Waals surface area contributed by atoms with E-state index in [0.29, 0.717) is 29.9 Å². The van der Waals surface area contributed by atoms with E-state index in [0.717, 1.165) is 18.8 Å². The highest BCUT2D eigenvalue weighted by Gasteiger charge is 2.23. The molecule has 31 heavy (non-hydrogen) atoms. The average molecular weight is 420 g/mol. The summed E-state index contributed by atoms with van der Waals surface area (Å²) in [4.78, 5) is 32.4. The van der Waals surface area contributed by atoms with Crippen LogP contribution in [0, 0.1) is 12.7 Å². The number of rotatable bonds is 6. The molecule has 0 radical (unpaired) electrons. The first-order chi connectivity index (χ1) is 15.0. The molecular formula is C24H25FN4O2. The summed E-state index contributed by atoms with van der Waals surface area (Å²) in [5, 5.41) is 2.69. The Morgan fingerprint density at radius 1 is 1.13 bits per heavy atom. The SMILES string of the molecule is Cc1nc2c(c(=O)n1CC(=O)NCc1ccccc1F)CN(Cc1ccccc1)CC2. The Hall–Kier alpha value is -3.32. The molecule has 0 spiro atoms. The first-order valence-corrected chi connectivity index (χ1v) is 10.4. The van der Waals surface area contributed by atoms with Crippen LogP contribution in [0.2, 0.25) is 0 Å². The molecule has 0 unspecified atom stereocenters. The smallest absolute Gasteiger partial charge is 0.258 e. The Labute approximate surface area is 180 Å². The van der Waals surface area contributed by atoms with Gasteiger partial charge >= 0.3 is 0 Å². The van der Waals surface area contributed by atoms with Crippen molar-refractivity contribution >= 4 is 5.91 Å². The minimum atomic E-state index is -0.370. The number of nitrogens with zero attached hydrogens (tertiary/aromatic N) is 3. The third-order valence-electron chi connectivity index (χ3n) is 5.57. The quantitative estimate of drug-likeness (QED) is 0.666. The number of nitrogens with one attached hydrogen (secondary N) is 1. The number of hydrogen-bond donors (Lipinski definition) is 1. The molecule has 1 N–H and O–H groups in total. The summed E-state index contributed by atoms with van der Waals surface area (Å²) < 4.78 is 15.2. The van der Waals surface area contributed by atoms with Crippen molar-refractivity contribution < 1.29 is 9.18 Å². The topological polar surface area (TPSA) is 67.2 Å². The van der Waals surface area contributed by atoms with Gasteiger partial charge in [-0.05, 0) is 18.6 Å². The van der Waals surface area contributed by atoms with Gasteiger partial charge in [0.05, 0.1) is 11.3 Å². The number of halogens is 1. The third-order valence-corrected chi connectivity index (χ3v) is 5.57. The summed E-state index contributed by atoms with van der Waals surface area (Å²) >= 11 is 0. The van der Waals surface area contributed by atoms with E-state index in [9.17, 15) is 14.0 Å². The number of aryl methyl sites for hydroxylation is 1. The predicted molar refractivity (Wildman–Crippen MR) is 116 cm³/mol. The van der Waals surface area contributed by atoms with Crippen LogP contribution in [0.25, 0.3) is 0 Å². The minimum Gasteiger partial charge on any atom is -0.350 e. The lowest BCUT2D eigenvalue weighted by atomic mass is 10.1. The van der Waals surface area contributed by atoms with E-state index in [1.54, 1.807) is 25.1 Å². The van der Waals surface area contributed by atoms with Crippen molar-refractivity contribution in [2.24, 2.45) is 0 Å². The van der Waals surface area contributed by atoms with E-state index in [1.807, 2.05) is 18.2 Å². The van der Waals surface area contributed by atoms with Gasteiger partial charge in [0.15, 0.2) is 0 Å². The Morgan fingerprint density at radius 3 is 2.65 bits per heavy atom. The van der Waals surface area contributed by atoms with Gasteiger partial charge in [0.1, 0.15) is 18.2 Å². The summed E-state index contributed by atoms with van der Waals surface area (Å²) in [6, 6.07) is 16.4. The monoisotopic (exact) mass is 420 g/mol. The van der Waals surface area contributed by atoms with Gasteiger partial charge in [0, 0.05) is 38.2 Å². The zero-order chi connectivity index (χ0) is 21.8. The number of carbonyl (C=O) groups is 1. The number of fused-ring (bicyclic) bond motifs is 1. The number of carbonyl (C=O) groups excluding carboxylic acids is 1. The van der Waals surface area contributed by atoms with E-state index >= 15 is 0 Å². The van der Waals surface area contributed by atoms with Gasteiger partial charge in [-0.1, -0.05) is 48.5 Å². The second-order valence-corrected chi connectivity index (χ2v) is 7.79. The van der Waals surface area contributed by atoms with Crippen LogP contribution < -0.4 is 10.9 Å². The van der Waals surface area contributed by atoms with Crippen LogP contribution in [0.15, 0.2) is 59.4 Å². The Kier molecular flexibility index (Phi) is 6.23. The van der Waals surface area contributed by atoms with Crippen LogP contribution in [0.3, 0.4) is 0 Å². The number of benzene rings is 2. The van der Waals surface area contributed by atoms with E-state index in [-0.39, 0.29) is 30.4 Å². The van der Waals surface area contributed by atoms with E-state index in [2.05, 4.69) is 27.3 Å². The van der Waals surface area contributed by atoms with Crippen LogP contribution in [-0.4, -0.2) is 26.9 Å². The summed E-state index contributed by atoms with van der Waals surface area (Å²) in [5.41, 5.74) is 2.88. The zero-order valence-electron chi connectivity index (χ0n) is 17.5. The molecule has 0 saturated carbocycles. The van der Waals surface area contributed by atoms with Crippen molar-refractivity contribution in [1.29, 1.82) is 0 Å². The predicted octanol–water partition coefficient (Wildman–Crippen LogP) is 2.57. The Morgan fingerprint density at radius 2 is 1.87 bits per heavy atom. The molecule has 0 fully saturated rings. The summed E-state index contributed by atoms with van der Waals surface area (Å²) in [6.07, 6.45) is 0.707. The lowest BCUT2D eigenvalue weighted by Crippen LogP contribution is -2.40. The average Bonchev–Trinajstić information content (AvgIpc) is 2.77. The molecule has 2 aromatic carbocycles. The molecule has 1 amide bonds. The normalized spacial score (nSPS) is 13.6. The molecule has 0 aliphatic carbocycles. The zero-order valence-corrected chi connectivity index (χ0v) is 17.5. The fourth-order valence-electron chi connectivity index (χ4n) is 3.89. The lowest BCUT2D eigenvalue weighted by Gasteiger charge is -2.28. The molecule has 1 aromatic heterocycles. The first-order valence-electron chi connectivity index (χ1n) is 10.4. The summed E-state index contributed by atoms with van der Waals surface area (Å²) in [6.45, 7) is 3.77. The lowest BCUT2D eigenvalue weighted by molar-refractivity contribution is -0.121. The van der Waals surface area contributed by atoms with Gasteiger partial charge in [0.25, 0.3) is 5.56 Å². The standard InChI is InChI=1S/C24H25FN4O2/c1-17-27-22-11-12-28(14-18-7-3-2-4-8-18)15-20(22)24(31)29(17)16-23(30)26-13-19-9-5-6-10-21(19)25/h2-10H,11-16H2,1H3,(H,26,30). The minimum absolute atomic E-state index is 0.0720. The van der Waals surface area contributed by atoms with Crippen molar-refractivity contribution in [3.63, 3.8) is 0 Å². The van der Waals surface area contributed by atoms with Gasteiger partial charge in [-0.2, -0.15) is 0 Å². The molecule has 7 heteroatoms. The van der Waals surface area contributed by atoms with Gasteiger partial charge in [-0.15, -0.1) is 0 Å². The molecule has 4 rings (SSSR count). The number of hydrogen-bond acceptors (Lipinski definition) is 4. The van der Waals surface area contributed by atoms with Crippen LogP contribution in [-0.2, 0) is 37.4 Å². The highest BCUT2D eigenvalue weighted by molar-refractivity contribution is 5.75. The summed E-state index contributed by atoms with van der Waals surface area (Å²) in [5.74, 6) is -0.210. The van der Waals surface area contributed by atoms with Crippen molar-refractivity contribution in [2.75, 3.05) is 6.54 Å². The Balaban J connectivity index is 1.47. The van der Waals surface area contributed by atoms with E-state index in [4.69, 9.17) is 0 Å². The highest BCUT2D eigenvalue weighted by atomic mass is 19.1. The fraction of sp³-hybridized carbons (Fsp3) is 0.292. The van der Waals surface area contributed by atoms with Crippen LogP contribution in [0.1, 0.15) is 28.2 Å². The molecule has 0 atom stereocenters. The van der Waals surface area contributed by atoms with E-state index < -0.39 is 0 Å². The Bertz CT molecular complexity index is 1140. The molecule has 1 aliphatic heterocycles. The molecule has 160 valence electrons. The van der Waals surface area contributed by atoms with Crippen molar-refractivity contribution in [2.45, 2.75) is 39.5 Å². The van der Waals surface area contributed by atoms with E-state index in [1.165, 1.54) is 16.2 Å². The van der Waals surface area contributed by atoms with Gasteiger partial charge in [-0.25, -0.2) is 9.37 Å². The molecule has 6 nitrogen and oxygen atoms in total. The van der Waals surface area contributed by atoms with Gasteiger partial charge in [-0.3, -0.25) is 19.1 Å². The maximum Gasteiger partial charge on any atom is 0.258 e. The second kappa shape index (κ2) is 9.22. The molecule has 0 bridgehead atoms. The van der Waals surface area contributed by atoms with Crippen LogP contribution in [0.5, 0.6) is 0 Å². The molecule has 1 aliphatic rings. The molecule has 2 heterocycles. The maximum absolute atomic E-state index is 13.8. The molecular weight excluding hydrogens is 395 g/mol. The van der Waals surface area contributed by atoms with Gasteiger partial charge in [0.2, 0.25) is 5.91 Å².